The van der Waals surface area contributed by atoms with Crippen LogP contribution in [-0.2, 0) is 11.3 Å². The molecule has 3 aromatic rings. The Kier molecular flexibility index (Phi) is 5.91. The van der Waals surface area contributed by atoms with Gasteiger partial charge in [-0.15, -0.1) is 0 Å². The fourth-order valence-electron chi connectivity index (χ4n) is 4.16. The Balaban J connectivity index is 1.14. The van der Waals surface area contributed by atoms with E-state index in [9.17, 15) is 4.79 Å². The Labute approximate surface area is 191 Å². The van der Waals surface area contributed by atoms with Crippen molar-refractivity contribution < 1.29 is 14.3 Å². The maximum atomic E-state index is 12.8. The summed E-state index contributed by atoms with van der Waals surface area (Å²) in [6, 6.07) is 9.05. The molecule has 2 aliphatic rings. The van der Waals surface area contributed by atoms with Crippen molar-refractivity contribution in [2.75, 3.05) is 44.7 Å². The number of hydrogen-bond acceptors (Lipinski definition) is 6. The molecule has 9 heteroatoms. The molecule has 8 nitrogen and oxygen atoms in total. The minimum Gasteiger partial charge on any atom is -0.486 e. The molecule has 0 radical (unpaired) electrons. The monoisotopic (exact) mass is 455 g/mol. The van der Waals surface area contributed by atoms with Gasteiger partial charge in [-0.1, -0.05) is 11.6 Å². The number of amides is 1. The molecule has 1 atom stereocenters. The fraction of sp³-hybridized carbons (Fsp3) is 0.391. The molecule has 0 aliphatic carbocycles. The van der Waals surface area contributed by atoms with E-state index in [1.165, 1.54) is 0 Å². The molecule has 1 fully saturated rings. The van der Waals surface area contributed by atoms with Gasteiger partial charge in [0.15, 0.2) is 11.5 Å². The van der Waals surface area contributed by atoms with Crippen LogP contribution in [0.1, 0.15) is 12.6 Å². The molecule has 2 aromatic heterocycles. The van der Waals surface area contributed by atoms with Crippen molar-refractivity contribution in [2.45, 2.75) is 19.5 Å². The lowest BCUT2D eigenvalue weighted by Gasteiger charge is -2.37. The van der Waals surface area contributed by atoms with E-state index in [2.05, 4.69) is 20.1 Å². The molecule has 0 saturated carbocycles. The van der Waals surface area contributed by atoms with Gasteiger partial charge in [0.05, 0.1) is 16.8 Å². The summed E-state index contributed by atoms with van der Waals surface area (Å²) in [6.07, 6.45) is 3.89. The average molecular weight is 456 g/mol. The third-order valence-electron chi connectivity index (χ3n) is 5.99. The second kappa shape index (κ2) is 8.97. The molecule has 0 bridgehead atoms. The summed E-state index contributed by atoms with van der Waals surface area (Å²) >= 11 is 6.06. The van der Waals surface area contributed by atoms with Gasteiger partial charge in [0.1, 0.15) is 18.9 Å². The van der Waals surface area contributed by atoms with Gasteiger partial charge in [-0.25, -0.2) is 4.98 Å². The Morgan fingerprint density at radius 1 is 1.09 bits per heavy atom. The number of benzene rings is 1. The second-order valence-electron chi connectivity index (χ2n) is 8.18. The predicted octanol–water partition coefficient (Wildman–Crippen LogP) is 2.90. The van der Waals surface area contributed by atoms with Crippen LogP contribution >= 0.6 is 11.6 Å². The van der Waals surface area contributed by atoms with Crippen molar-refractivity contribution in [1.29, 1.82) is 0 Å². The zero-order valence-electron chi connectivity index (χ0n) is 18.0. The zero-order chi connectivity index (χ0) is 22.1. The number of carbonyl (C=O) groups excluding carboxylic acids is 1. The highest BCUT2D eigenvalue weighted by Crippen LogP contribution is 2.32. The number of fused-ring (bicyclic) bond motifs is 2. The van der Waals surface area contributed by atoms with Crippen molar-refractivity contribution in [3.05, 3.63) is 53.4 Å². The van der Waals surface area contributed by atoms with E-state index in [1.54, 1.807) is 0 Å². The van der Waals surface area contributed by atoms with Crippen LogP contribution < -0.4 is 14.8 Å². The van der Waals surface area contributed by atoms with Gasteiger partial charge in [0.2, 0.25) is 5.91 Å². The van der Waals surface area contributed by atoms with Crippen molar-refractivity contribution in [3.63, 3.8) is 0 Å². The lowest BCUT2D eigenvalue weighted by atomic mass is 10.2. The van der Waals surface area contributed by atoms with Gasteiger partial charge < -0.3 is 19.2 Å². The van der Waals surface area contributed by atoms with E-state index in [0.29, 0.717) is 29.7 Å². The van der Waals surface area contributed by atoms with Crippen molar-refractivity contribution in [2.24, 2.45) is 0 Å². The van der Waals surface area contributed by atoms with Crippen molar-refractivity contribution >= 4 is 28.8 Å². The maximum absolute atomic E-state index is 12.8. The van der Waals surface area contributed by atoms with Crippen molar-refractivity contribution in [1.82, 2.24) is 19.2 Å². The third-order valence-corrected chi connectivity index (χ3v) is 6.22. The molecule has 2 aliphatic heterocycles. The van der Waals surface area contributed by atoms with Gasteiger partial charge in [0.25, 0.3) is 0 Å². The minimum atomic E-state index is -0.220. The van der Waals surface area contributed by atoms with Gasteiger partial charge in [0, 0.05) is 56.9 Å². The highest BCUT2D eigenvalue weighted by molar-refractivity contribution is 6.30. The molecule has 1 aromatic carbocycles. The van der Waals surface area contributed by atoms with Gasteiger partial charge in [-0.2, -0.15) is 0 Å². The summed E-state index contributed by atoms with van der Waals surface area (Å²) in [4.78, 5) is 22.1. The van der Waals surface area contributed by atoms with Gasteiger partial charge in [-0.05, 0) is 31.2 Å². The first-order valence-electron chi connectivity index (χ1n) is 10.9. The summed E-state index contributed by atoms with van der Waals surface area (Å²) in [7, 11) is 0. The molecule has 1 N–H and O–H groups in total. The van der Waals surface area contributed by atoms with Crippen LogP contribution in [0.25, 0.3) is 5.65 Å². The number of piperazine rings is 1. The van der Waals surface area contributed by atoms with E-state index in [4.69, 9.17) is 21.1 Å². The Hall–Kier alpha value is -2.81. The Morgan fingerprint density at radius 2 is 1.88 bits per heavy atom. The smallest absolute Gasteiger partial charge is 0.241 e. The van der Waals surface area contributed by atoms with E-state index in [0.717, 1.165) is 49.8 Å². The number of pyridine rings is 1. The maximum Gasteiger partial charge on any atom is 0.241 e. The van der Waals surface area contributed by atoms with E-state index >= 15 is 0 Å². The van der Waals surface area contributed by atoms with Crippen LogP contribution in [0.15, 0.2) is 42.7 Å². The molecule has 168 valence electrons. The number of carbonyl (C=O) groups is 1. The van der Waals surface area contributed by atoms with Crippen LogP contribution in [0.4, 0.5) is 5.69 Å². The summed E-state index contributed by atoms with van der Waals surface area (Å²) in [5.41, 5.74) is 2.63. The number of nitrogens with one attached hydrogen (secondary N) is 1. The second-order valence-corrected chi connectivity index (χ2v) is 8.62. The highest BCUT2D eigenvalue weighted by atomic mass is 35.5. The van der Waals surface area contributed by atoms with Gasteiger partial charge in [-0.3, -0.25) is 14.6 Å². The Morgan fingerprint density at radius 3 is 2.69 bits per heavy atom. The van der Waals surface area contributed by atoms with Crippen LogP contribution in [-0.4, -0.2) is 70.5 Å². The normalized spacial score (nSPS) is 17.9. The van der Waals surface area contributed by atoms with E-state index in [1.807, 2.05) is 54.0 Å². The largest absolute Gasteiger partial charge is 0.486 e. The summed E-state index contributed by atoms with van der Waals surface area (Å²) in [5, 5.41) is 3.70. The number of nitrogens with zero attached hydrogens (tertiary/aromatic N) is 4. The van der Waals surface area contributed by atoms with Crippen LogP contribution in [0.2, 0.25) is 5.02 Å². The molecule has 32 heavy (non-hydrogen) atoms. The SMILES string of the molecule is CC(C(=O)Nc1ccc2c(c1)OCCO2)N1CCN(Cc2cn3cc(Cl)ccc3n2)CC1. The summed E-state index contributed by atoms with van der Waals surface area (Å²) in [5.74, 6) is 1.36. The lowest BCUT2D eigenvalue weighted by Crippen LogP contribution is -2.52. The van der Waals surface area contributed by atoms with E-state index < -0.39 is 0 Å². The average Bonchev–Trinajstić information content (AvgIpc) is 3.20. The molecular weight excluding hydrogens is 430 g/mol. The number of aromatic nitrogens is 2. The predicted molar refractivity (Wildman–Crippen MR) is 123 cm³/mol. The number of hydrogen-bond donors (Lipinski definition) is 1. The molecule has 4 heterocycles. The zero-order valence-corrected chi connectivity index (χ0v) is 18.7. The van der Waals surface area contributed by atoms with Gasteiger partial charge >= 0.3 is 0 Å². The lowest BCUT2D eigenvalue weighted by molar-refractivity contribution is -0.121. The van der Waals surface area contributed by atoms with Crippen LogP contribution in [0, 0.1) is 0 Å². The number of ether oxygens (including phenoxy) is 2. The number of rotatable bonds is 5. The molecule has 1 saturated heterocycles. The fourth-order valence-corrected chi connectivity index (χ4v) is 4.33. The number of imidazole rings is 1. The highest BCUT2D eigenvalue weighted by Gasteiger charge is 2.26. The Bertz CT molecular complexity index is 1130. The van der Waals surface area contributed by atoms with E-state index in [-0.39, 0.29) is 11.9 Å². The summed E-state index contributed by atoms with van der Waals surface area (Å²) in [6.45, 7) is 7.23. The quantitative estimate of drug-likeness (QED) is 0.638. The topological polar surface area (TPSA) is 71.3 Å². The molecule has 5 rings (SSSR count). The molecule has 1 unspecified atom stereocenters. The van der Waals surface area contributed by atoms with Crippen molar-refractivity contribution in [3.8, 4) is 11.5 Å². The minimum absolute atomic E-state index is 0.0210. The summed E-state index contributed by atoms with van der Waals surface area (Å²) < 4.78 is 13.1. The molecule has 0 spiro atoms. The first-order chi connectivity index (χ1) is 15.5. The van der Waals surface area contributed by atoms with Crippen LogP contribution in [0.3, 0.4) is 0 Å². The third kappa shape index (κ3) is 4.53. The first-order valence-corrected chi connectivity index (χ1v) is 11.2. The first kappa shape index (κ1) is 21.1. The number of anilines is 1. The number of halogens is 1. The molecule has 1 amide bonds. The molecular formula is C23H26ClN5O3. The van der Waals surface area contributed by atoms with Crippen LogP contribution in [0.5, 0.6) is 11.5 Å². The standard InChI is InChI=1S/C23H26ClN5O3/c1-16(23(30)26-18-3-4-20-21(12-18)32-11-10-31-20)28-8-6-27(7-9-28)14-19-15-29-13-17(24)2-5-22(29)25-19/h2-5,12-13,15-16H,6-11,14H2,1H3,(H,26,30).